The third-order valence-corrected chi connectivity index (χ3v) is 3.34. The van der Waals surface area contributed by atoms with Gasteiger partial charge in [-0.2, -0.15) is 0 Å². The maximum atomic E-state index is 12.4. The molecule has 2 N–H and O–H groups in total. The van der Waals surface area contributed by atoms with Gasteiger partial charge in [0.05, 0.1) is 13.2 Å². The molecule has 1 saturated heterocycles. The molecule has 1 aliphatic heterocycles. The van der Waals surface area contributed by atoms with Crippen LogP contribution in [0, 0.1) is 0 Å². The number of morpholine rings is 1. The van der Waals surface area contributed by atoms with Gasteiger partial charge in [-0.1, -0.05) is 13.0 Å². The van der Waals surface area contributed by atoms with Crippen molar-refractivity contribution in [2.24, 2.45) is 0 Å². The fraction of sp³-hybridized carbons (Fsp3) is 0.400. The molecule has 0 saturated carbocycles. The van der Waals surface area contributed by atoms with E-state index in [1.54, 1.807) is 31.2 Å². The smallest absolute Gasteiger partial charge is 0.334 e. The highest BCUT2D eigenvalue weighted by molar-refractivity contribution is 5.97. The maximum Gasteiger partial charge on any atom is 0.334 e. The zero-order valence-corrected chi connectivity index (χ0v) is 12.2. The van der Waals surface area contributed by atoms with Crippen molar-refractivity contribution < 1.29 is 24.2 Å². The molecule has 1 heterocycles. The summed E-state index contributed by atoms with van der Waals surface area (Å²) in [6.07, 6.45) is -0.650. The van der Waals surface area contributed by atoms with E-state index in [-0.39, 0.29) is 25.0 Å². The second kappa shape index (κ2) is 7.04. The number of ether oxygens (including phenoxy) is 1. The van der Waals surface area contributed by atoms with Crippen LogP contribution in [0.2, 0.25) is 0 Å². The summed E-state index contributed by atoms with van der Waals surface area (Å²) in [5, 5.41) is 11.7. The van der Waals surface area contributed by atoms with E-state index in [0.717, 1.165) is 0 Å². The van der Waals surface area contributed by atoms with Crippen LogP contribution in [-0.2, 0) is 14.3 Å². The zero-order chi connectivity index (χ0) is 16.1. The van der Waals surface area contributed by atoms with E-state index in [4.69, 9.17) is 9.84 Å². The van der Waals surface area contributed by atoms with E-state index in [2.05, 4.69) is 5.32 Å². The Balaban J connectivity index is 2.10. The molecule has 0 spiro atoms. The number of carbonyl (C=O) groups is 3. The molecule has 1 aliphatic rings. The summed E-state index contributed by atoms with van der Waals surface area (Å²) in [6, 6.07) is 6.59. The molecule has 22 heavy (non-hydrogen) atoms. The number of hydrogen-bond acceptors (Lipinski definition) is 4. The second-order valence-corrected chi connectivity index (χ2v) is 4.93. The third kappa shape index (κ3) is 3.82. The first-order chi connectivity index (χ1) is 10.5. The molecule has 1 atom stereocenters. The lowest BCUT2D eigenvalue weighted by Gasteiger charge is -2.31. The lowest BCUT2D eigenvalue weighted by molar-refractivity contribution is -0.154. The Kier molecular flexibility index (Phi) is 5.11. The van der Waals surface area contributed by atoms with Gasteiger partial charge in [-0.3, -0.25) is 9.59 Å². The summed E-state index contributed by atoms with van der Waals surface area (Å²) < 4.78 is 5.10. The molecule has 2 rings (SSSR count). The van der Waals surface area contributed by atoms with E-state index < -0.39 is 12.1 Å². The highest BCUT2D eigenvalue weighted by Gasteiger charge is 2.29. The Morgan fingerprint density at radius 3 is 2.86 bits per heavy atom. The molecule has 1 aromatic carbocycles. The number of rotatable bonds is 4. The molecule has 2 amide bonds. The number of nitrogens with zero attached hydrogens (tertiary/aromatic N) is 1. The molecule has 118 valence electrons. The van der Waals surface area contributed by atoms with Gasteiger partial charge >= 0.3 is 5.97 Å². The van der Waals surface area contributed by atoms with E-state index in [9.17, 15) is 14.4 Å². The van der Waals surface area contributed by atoms with E-state index in [0.29, 0.717) is 24.2 Å². The predicted molar refractivity (Wildman–Crippen MR) is 78.6 cm³/mol. The van der Waals surface area contributed by atoms with Gasteiger partial charge < -0.3 is 20.1 Å². The first-order valence-corrected chi connectivity index (χ1v) is 7.05. The molecule has 1 aromatic rings. The van der Waals surface area contributed by atoms with Crippen molar-refractivity contribution in [3.63, 3.8) is 0 Å². The van der Waals surface area contributed by atoms with Crippen LogP contribution in [-0.4, -0.2) is 53.6 Å². The van der Waals surface area contributed by atoms with Crippen molar-refractivity contribution >= 4 is 23.5 Å². The fourth-order valence-electron chi connectivity index (χ4n) is 2.15. The molecule has 0 bridgehead atoms. The van der Waals surface area contributed by atoms with Crippen molar-refractivity contribution in [2.75, 3.05) is 25.0 Å². The fourth-order valence-corrected chi connectivity index (χ4v) is 2.15. The Hall–Kier alpha value is -2.41. The number of anilines is 1. The summed E-state index contributed by atoms with van der Waals surface area (Å²) in [5.41, 5.74) is 0.945. The number of amides is 2. The van der Waals surface area contributed by atoms with Gasteiger partial charge in [0.1, 0.15) is 0 Å². The van der Waals surface area contributed by atoms with Crippen LogP contribution in [0.15, 0.2) is 24.3 Å². The number of carboxylic acid groups (broad SMARTS) is 1. The zero-order valence-electron chi connectivity index (χ0n) is 12.2. The highest BCUT2D eigenvalue weighted by Crippen LogP contribution is 2.15. The van der Waals surface area contributed by atoms with Gasteiger partial charge in [0.15, 0.2) is 6.10 Å². The van der Waals surface area contributed by atoms with Gasteiger partial charge in [0.2, 0.25) is 5.91 Å². The Morgan fingerprint density at radius 1 is 1.41 bits per heavy atom. The highest BCUT2D eigenvalue weighted by atomic mass is 16.5. The summed E-state index contributed by atoms with van der Waals surface area (Å²) in [5.74, 6) is -1.49. The number of carbonyl (C=O) groups excluding carboxylic acids is 2. The van der Waals surface area contributed by atoms with Crippen LogP contribution in [0.5, 0.6) is 0 Å². The minimum atomic E-state index is -1.08. The van der Waals surface area contributed by atoms with Crippen molar-refractivity contribution in [2.45, 2.75) is 19.4 Å². The van der Waals surface area contributed by atoms with E-state index >= 15 is 0 Å². The minimum Gasteiger partial charge on any atom is -0.479 e. The van der Waals surface area contributed by atoms with Gasteiger partial charge in [0.25, 0.3) is 5.91 Å². The SMILES string of the molecule is CCC(=O)Nc1cccc(C(=O)N2CCOC(C(=O)O)C2)c1. The molecule has 7 nitrogen and oxygen atoms in total. The number of hydrogen-bond donors (Lipinski definition) is 2. The van der Waals surface area contributed by atoms with Gasteiger partial charge in [-0.05, 0) is 18.2 Å². The Labute approximate surface area is 127 Å². The number of nitrogens with one attached hydrogen (secondary N) is 1. The normalized spacial score (nSPS) is 17.9. The molecule has 7 heteroatoms. The van der Waals surface area contributed by atoms with E-state index in [1.165, 1.54) is 4.90 Å². The van der Waals surface area contributed by atoms with Gasteiger partial charge in [-0.15, -0.1) is 0 Å². The van der Waals surface area contributed by atoms with Crippen LogP contribution < -0.4 is 5.32 Å². The van der Waals surface area contributed by atoms with Crippen molar-refractivity contribution in [1.29, 1.82) is 0 Å². The number of carboxylic acids is 1. The first kappa shape index (κ1) is 16.0. The molecule has 0 aromatic heterocycles. The topological polar surface area (TPSA) is 95.9 Å². The monoisotopic (exact) mass is 306 g/mol. The van der Waals surface area contributed by atoms with Gasteiger partial charge in [0, 0.05) is 24.2 Å². The quantitative estimate of drug-likeness (QED) is 0.864. The number of benzene rings is 1. The Bertz CT molecular complexity index is 587. The molecular formula is C15H18N2O5. The van der Waals surface area contributed by atoms with Crippen LogP contribution in [0.25, 0.3) is 0 Å². The standard InChI is InChI=1S/C15H18N2O5/c1-2-13(18)16-11-5-3-4-10(8-11)14(19)17-6-7-22-12(9-17)15(20)21/h3-5,8,12H,2,6-7,9H2,1H3,(H,16,18)(H,20,21). The lowest BCUT2D eigenvalue weighted by Crippen LogP contribution is -2.48. The van der Waals surface area contributed by atoms with Gasteiger partial charge in [-0.25, -0.2) is 4.79 Å². The van der Waals surface area contributed by atoms with Crippen LogP contribution in [0.1, 0.15) is 23.7 Å². The largest absolute Gasteiger partial charge is 0.479 e. The van der Waals surface area contributed by atoms with Crippen molar-refractivity contribution in [3.8, 4) is 0 Å². The van der Waals surface area contributed by atoms with Crippen LogP contribution in [0.3, 0.4) is 0 Å². The molecule has 1 unspecified atom stereocenters. The average molecular weight is 306 g/mol. The molecule has 1 fully saturated rings. The van der Waals surface area contributed by atoms with Crippen molar-refractivity contribution in [3.05, 3.63) is 29.8 Å². The Morgan fingerprint density at radius 2 is 2.18 bits per heavy atom. The second-order valence-electron chi connectivity index (χ2n) is 4.93. The van der Waals surface area contributed by atoms with Crippen molar-refractivity contribution in [1.82, 2.24) is 4.90 Å². The molecule has 0 aliphatic carbocycles. The molecular weight excluding hydrogens is 288 g/mol. The lowest BCUT2D eigenvalue weighted by atomic mass is 10.1. The summed E-state index contributed by atoms with van der Waals surface area (Å²) in [6.45, 7) is 2.28. The first-order valence-electron chi connectivity index (χ1n) is 7.05. The van der Waals surface area contributed by atoms with Crippen LogP contribution >= 0.6 is 0 Å². The minimum absolute atomic E-state index is 0.0136. The number of aliphatic carboxylic acids is 1. The van der Waals surface area contributed by atoms with Crippen LogP contribution in [0.4, 0.5) is 5.69 Å². The predicted octanol–water partition coefficient (Wildman–Crippen LogP) is 0.961. The third-order valence-electron chi connectivity index (χ3n) is 3.34. The summed E-state index contributed by atoms with van der Waals surface area (Å²) >= 11 is 0. The molecule has 0 radical (unpaired) electrons. The van der Waals surface area contributed by atoms with E-state index in [1.807, 2.05) is 0 Å². The average Bonchev–Trinajstić information content (AvgIpc) is 2.54. The summed E-state index contributed by atoms with van der Waals surface area (Å²) in [4.78, 5) is 36.2. The maximum absolute atomic E-state index is 12.4. The summed E-state index contributed by atoms with van der Waals surface area (Å²) in [7, 11) is 0.